The van der Waals surface area contributed by atoms with E-state index >= 15 is 0 Å². The van der Waals surface area contributed by atoms with E-state index < -0.39 is 17.5 Å². The highest BCUT2D eigenvalue weighted by molar-refractivity contribution is 5.79. The van der Waals surface area contributed by atoms with Crippen molar-refractivity contribution in [3.8, 4) is 17.0 Å². The van der Waals surface area contributed by atoms with Gasteiger partial charge in [-0.1, -0.05) is 30.3 Å². The fourth-order valence-electron chi connectivity index (χ4n) is 4.61. The third-order valence-corrected chi connectivity index (χ3v) is 6.46. The van der Waals surface area contributed by atoms with E-state index in [4.69, 9.17) is 9.15 Å². The number of oxazole rings is 1. The predicted molar refractivity (Wildman–Crippen MR) is 129 cm³/mol. The fraction of sp³-hybridized carbons (Fsp3) is 0.296. The average Bonchev–Trinajstić information content (AvgIpc) is 3.27. The summed E-state index contributed by atoms with van der Waals surface area (Å²) in [7, 11) is 0. The number of phenols is 1. The molecule has 2 aromatic heterocycles. The zero-order valence-corrected chi connectivity index (χ0v) is 19.9. The van der Waals surface area contributed by atoms with Crippen LogP contribution in [0.3, 0.4) is 0 Å². The van der Waals surface area contributed by atoms with Gasteiger partial charge in [0.05, 0.1) is 30.4 Å². The van der Waals surface area contributed by atoms with Gasteiger partial charge in [0.2, 0.25) is 11.8 Å². The highest BCUT2D eigenvalue weighted by Gasteiger charge is 2.35. The first-order valence-corrected chi connectivity index (χ1v) is 11.8. The maximum absolute atomic E-state index is 13.1. The van der Waals surface area contributed by atoms with Crippen LogP contribution in [-0.2, 0) is 22.3 Å². The third kappa shape index (κ3) is 5.29. The van der Waals surface area contributed by atoms with Crippen molar-refractivity contribution < 1.29 is 32.2 Å². The molecule has 5 rings (SSSR count). The summed E-state index contributed by atoms with van der Waals surface area (Å²) in [5, 5.41) is 13.2. The van der Waals surface area contributed by atoms with Crippen LogP contribution in [-0.4, -0.2) is 34.1 Å². The quantitative estimate of drug-likeness (QED) is 0.362. The number of carbonyl (C=O) groups excluding carboxylic acids is 1. The number of ether oxygens (including phenoxy) is 1. The zero-order chi connectivity index (χ0) is 26.2. The van der Waals surface area contributed by atoms with E-state index in [-0.39, 0.29) is 46.6 Å². The normalized spacial score (nSPS) is 18.2. The van der Waals surface area contributed by atoms with Gasteiger partial charge in [0.25, 0.3) is 0 Å². The van der Waals surface area contributed by atoms with Crippen LogP contribution >= 0.6 is 0 Å². The minimum Gasteiger partial charge on any atom is -0.507 e. The Labute approximate surface area is 210 Å². The van der Waals surface area contributed by atoms with Crippen molar-refractivity contribution in [2.24, 2.45) is 5.92 Å². The number of nitrogens with one attached hydrogen (secondary N) is 1. The Bertz CT molecular complexity index is 1410. The van der Waals surface area contributed by atoms with Crippen molar-refractivity contribution in [1.29, 1.82) is 0 Å². The number of nitrogens with zero attached hydrogens (tertiary/aromatic N) is 2. The molecule has 2 N–H and O–H groups in total. The maximum Gasteiger partial charge on any atom is 0.416 e. The number of benzene rings is 2. The minimum absolute atomic E-state index is 0.0747. The Morgan fingerprint density at radius 3 is 2.65 bits per heavy atom. The van der Waals surface area contributed by atoms with E-state index in [9.17, 15) is 23.1 Å². The number of pyridine rings is 1. The largest absolute Gasteiger partial charge is 0.507 e. The van der Waals surface area contributed by atoms with Crippen LogP contribution in [0.15, 0.2) is 59.0 Å². The standard InChI is InChI=1S/C27H24F3N3O4/c1-15-9-18(27(28,29)30)11-21(34)24(15)20-7-8-22-25(32-20)33-26(37-22)19-12-31-23(35)10-17(19)14-36-13-16-5-3-2-4-6-16/h2-9,11,17,19,34H,10,12-14H2,1H3,(H,31,35). The van der Waals surface area contributed by atoms with Gasteiger partial charge in [-0.3, -0.25) is 4.79 Å². The number of amides is 1. The Morgan fingerprint density at radius 2 is 1.92 bits per heavy atom. The van der Waals surface area contributed by atoms with Gasteiger partial charge in [0.1, 0.15) is 5.75 Å². The molecule has 0 aliphatic carbocycles. The Hall–Kier alpha value is -3.92. The van der Waals surface area contributed by atoms with Gasteiger partial charge < -0.3 is 19.6 Å². The fourth-order valence-corrected chi connectivity index (χ4v) is 4.61. The van der Waals surface area contributed by atoms with Gasteiger partial charge >= 0.3 is 6.18 Å². The van der Waals surface area contributed by atoms with Crippen LogP contribution in [0.4, 0.5) is 13.2 Å². The van der Waals surface area contributed by atoms with Crippen molar-refractivity contribution in [2.75, 3.05) is 13.2 Å². The summed E-state index contributed by atoms with van der Waals surface area (Å²) in [6.07, 6.45) is -4.31. The second-order valence-electron chi connectivity index (χ2n) is 9.13. The van der Waals surface area contributed by atoms with Crippen molar-refractivity contribution >= 4 is 17.1 Å². The lowest BCUT2D eigenvalue weighted by Gasteiger charge is -2.29. The Kier molecular flexibility index (Phi) is 6.59. The van der Waals surface area contributed by atoms with Crippen molar-refractivity contribution in [1.82, 2.24) is 15.3 Å². The summed E-state index contributed by atoms with van der Waals surface area (Å²) in [5.74, 6) is -0.609. The van der Waals surface area contributed by atoms with Crippen LogP contribution in [0.5, 0.6) is 5.75 Å². The summed E-state index contributed by atoms with van der Waals surface area (Å²) < 4.78 is 51.2. The van der Waals surface area contributed by atoms with Crippen LogP contribution < -0.4 is 5.32 Å². The van der Waals surface area contributed by atoms with E-state index in [1.807, 2.05) is 30.3 Å². The van der Waals surface area contributed by atoms with E-state index in [1.165, 1.54) is 6.92 Å². The maximum atomic E-state index is 13.1. The molecule has 37 heavy (non-hydrogen) atoms. The first-order valence-electron chi connectivity index (χ1n) is 11.8. The lowest BCUT2D eigenvalue weighted by molar-refractivity contribution is -0.137. The molecule has 3 heterocycles. The van der Waals surface area contributed by atoms with Gasteiger partial charge in [0.15, 0.2) is 11.2 Å². The zero-order valence-electron chi connectivity index (χ0n) is 19.9. The van der Waals surface area contributed by atoms with Crippen LogP contribution in [0.1, 0.15) is 34.9 Å². The molecule has 1 fully saturated rings. The lowest BCUT2D eigenvalue weighted by atomic mass is 9.86. The molecule has 0 saturated carbocycles. The number of piperidine rings is 1. The number of halogens is 3. The lowest BCUT2D eigenvalue weighted by Crippen LogP contribution is -2.41. The molecule has 192 valence electrons. The highest BCUT2D eigenvalue weighted by atomic mass is 19.4. The molecule has 1 saturated heterocycles. The number of hydrogen-bond donors (Lipinski definition) is 2. The number of hydrogen-bond acceptors (Lipinski definition) is 6. The number of aromatic hydroxyl groups is 1. The number of rotatable bonds is 6. The van der Waals surface area contributed by atoms with Crippen molar-refractivity contribution in [3.63, 3.8) is 0 Å². The molecule has 0 spiro atoms. The molecular formula is C27H24F3N3O4. The minimum atomic E-state index is -4.57. The average molecular weight is 512 g/mol. The number of alkyl halides is 3. The molecule has 0 bridgehead atoms. The van der Waals surface area contributed by atoms with Gasteiger partial charge in [-0.15, -0.1) is 0 Å². The van der Waals surface area contributed by atoms with Gasteiger partial charge in [0, 0.05) is 24.4 Å². The van der Waals surface area contributed by atoms with E-state index in [2.05, 4.69) is 15.3 Å². The van der Waals surface area contributed by atoms with Crippen molar-refractivity contribution in [2.45, 2.75) is 32.0 Å². The van der Waals surface area contributed by atoms with Gasteiger partial charge in [-0.2, -0.15) is 18.2 Å². The third-order valence-electron chi connectivity index (χ3n) is 6.46. The summed E-state index contributed by atoms with van der Waals surface area (Å²) >= 11 is 0. The first kappa shape index (κ1) is 24.8. The summed E-state index contributed by atoms with van der Waals surface area (Å²) in [6.45, 7) is 2.56. The number of carbonyl (C=O) groups is 1. The smallest absolute Gasteiger partial charge is 0.416 e. The first-order chi connectivity index (χ1) is 17.7. The molecule has 2 unspecified atom stereocenters. The van der Waals surface area contributed by atoms with Crippen molar-refractivity contribution in [3.05, 3.63) is 77.2 Å². The summed E-state index contributed by atoms with van der Waals surface area (Å²) in [4.78, 5) is 21.1. The number of aromatic nitrogens is 2. The molecule has 1 aliphatic rings. The van der Waals surface area contributed by atoms with Crippen LogP contribution in [0.25, 0.3) is 22.5 Å². The molecule has 7 nitrogen and oxygen atoms in total. The number of aryl methyl sites for hydroxylation is 1. The Balaban J connectivity index is 1.39. The topological polar surface area (TPSA) is 97.5 Å². The summed E-state index contributed by atoms with van der Waals surface area (Å²) in [6, 6.07) is 14.6. The molecule has 1 aliphatic heterocycles. The second kappa shape index (κ2) is 9.85. The van der Waals surface area contributed by atoms with Crippen LogP contribution in [0, 0.1) is 12.8 Å². The SMILES string of the molecule is Cc1cc(C(F)(F)F)cc(O)c1-c1ccc2oc(C3CNC(=O)CC3COCc3ccccc3)nc2n1. The molecule has 2 atom stereocenters. The highest BCUT2D eigenvalue weighted by Crippen LogP contribution is 2.39. The molecule has 2 aromatic carbocycles. The Morgan fingerprint density at radius 1 is 1.14 bits per heavy atom. The van der Waals surface area contributed by atoms with Gasteiger partial charge in [-0.25, -0.2) is 4.98 Å². The predicted octanol–water partition coefficient (Wildman–Crippen LogP) is 5.36. The van der Waals surface area contributed by atoms with E-state index in [1.54, 1.807) is 12.1 Å². The molecular weight excluding hydrogens is 487 g/mol. The van der Waals surface area contributed by atoms with E-state index in [0.717, 1.165) is 11.6 Å². The summed E-state index contributed by atoms with van der Waals surface area (Å²) in [5.41, 5.74) is 1.44. The number of fused-ring (bicyclic) bond motifs is 1. The number of phenolic OH excluding ortho intramolecular Hbond substituents is 1. The molecule has 4 aromatic rings. The monoisotopic (exact) mass is 511 g/mol. The molecule has 0 radical (unpaired) electrons. The molecule has 1 amide bonds. The van der Waals surface area contributed by atoms with Crippen LogP contribution in [0.2, 0.25) is 0 Å². The molecule has 10 heteroatoms. The van der Waals surface area contributed by atoms with Gasteiger partial charge in [-0.05, 0) is 42.3 Å². The second-order valence-corrected chi connectivity index (χ2v) is 9.13. The van der Waals surface area contributed by atoms with E-state index in [0.29, 0.717) is 37.3 Å².